The molecule has 25 heavy (non-hydrogen) atoms. The van der Waals surface area contributed by atoms with Gasteiger partial charge in [-0.05, 0) is 50.7 Å². The largest absolute Gasteiger partial charge is 0.478 e. The van der Waals surface area contributed by atoms with Crippen LogP contribution in [0.25, 0.3) is 17.3 Å². The van der Waals surface area contributed by atoms with E-state index in [0.29, 0.717) is 6.04 Å². The van der Waals surface area contributed by atoms with Crippen molar-refractivity contribution in [2.75, 3.05) is 25.5 Å². The molecule has 1 saturated heterocycles. The van der Waals surface area contributed by atoms with E-state index in [-0.39, 0.29) is 0 Å². The molecule has 2 N–H and O–H groups in total. The fraction of sp³-hybridized carbons (Fsp3) is 0.316. The van der Waals surface area contributed by atoms with Crippen molar-refractivity contribution in [2.45, 2.75) is 18.9 Å². The number of aromatic nitrogens is 2. The molecule has 0 amide bonds. The third-order valence-electron chi connectivity index (χ3n) is 4.31. The Morgan fingerprint density at radius 1 is 1.32 bits per heavy atom. The van der Waals surface area contributed by atoms with Crippen molar-refractivity contribution in [3.63, 3.8) is 0 Å². The molecule has 1 aliphatic rings. The molecule has 6 heteroatoms. The zero-order valence-electron chi connectivity index (χ0n) is 14.2. The van der Waals surface area contributed by atoms with Gasteiger partial charge in [-0.2, -0.15) is 0 Å². The van der Waals surface area contributed by atoms with E-state index < -0.39 is 5.97 Å². The van der Waals surface area contributed by atoms with Crippen molar-refractivity contribution in [3.8, 4) is 11.3 Å². The molecule has 0 spiro atoms. The normalized spacial score (nSPS) is 16.2. The lowest BCUT2D eigenvalue weighted by atomic mass is 10.1. The van der Waals surface area contributed by atoms with Gasteiger partial charge in [0, 0.05) is 17.7 Å². The van der Waals surface area contributed by atoms with E-state index in [0.717, 1.165) is 54.6 Å². The molecule has 0 atom stereocenters. The van der Waals surface area contributed by atoms with Gasteiger partial charge >= 0.3 is 5.97 Å². The molecule has 1 aromatic carbocycles. The standard InChI is InChI=1S/C19H22N4O2/c1-23-9-7-16(8-10-23)21-18-13-20-12-17(22-18)15-4-2-3-14(11-15)5-6-19(24)25/h2-6,11-13,16H,7-10H2,1H3,(H,21,22)(H,24,25). The van der Waals surface area contributed by atoms with E-state index in [1.807, 2.05) is 24.3 Å². The van der Waals surface area contributed by atoms with Gasteiger partial charge in [0.05, 0.1) is 18.1 Å². The lowest BCUT2D eigenvalue weighted by Crippen LogP contribution is -2.36. The van der Waals surface area contributed by atoms with E-state index >= 15 is 0 Å². The van der Waals surface area contributed by atoms with Crippen LogP contribution in [-0.4, -0.2) is 52.1 Å². The SMILES string of the molecule is CN1CCC(Nc2cncc(-c3cccc(C=CC(=O)O)c3)n2)CC1. The van der Waals surface area contributed by atoms with Gasteiger partial charge in [0.15, 0.2) is 0 Å². The van der Waals surface area contributed by atoms with Gasteiger partial charge in [0.1, 0.15) is 5.82 Å². The van der Waals surface area contributed by atoms with Crippen molar-refractivity contribution in [1.29, 1.82) is 0 Å². The predicted octanol–water partition coefficient (Wildman–Crippen LogP) is 2.75. The Morgan fingerprint density at radius 2 is 2.12 bits per heavy atom. The van der Waals surface area contributed by atoms with E-state index in [2.05, 4.69) is 27.2 Å². The Kier molecular flexibility index (Phi) is 5.40. The maximum absolute atomic E-state index is 10.7. The Bertz CT molecular complexity index is 768. The number of rotatable bonds is 5. The third-order valence-corrected chi connectivity index (χ3v) is 4.31. The van der Waals surface area contributed by atoms with Crippen LogP contribution in [0.4, 0.5) is 5.82 Å². The van der Waals surface area contributed by atoms with E-state index in [1.54, 1.807) is 18.5 Å². The minimum atomic E-state index is -0.963. The number of benzene rings is 1. The van der Waals surface area contributed by atoms with Crippen molar-refractivity contribution in [2.24, 2.45) is 0 Å². The van der Waals surface area contributed by atoms with Crippen molar-refractivity contribution >= 4 is 17.9 Å². The number of aliphatic carboxylic acids is 1. The number of hydrogen-bond donors (Lipinski definition) is 2. The zero-order chi connectivity index (χ0) is 17.6. The summed E-state index contributed by atoms with van der Waals surface area (Å²) in [5.74, 6) is -0.187. The lowest BCUT2D eigenvalue weighted by Gasteiger charge is -2.29. The van der Waals surface area contributed by atoms with Crippen LogP contribution >= 0.6 is 0 Å². The first-order chi connectivity index (χ1) is 12.1. The lowest BCUT2D eigenvalue weighted by molar-refractivity contribution is -0.131. The first-order valence-electron chi connectivity index (χ1n) is 8.39. The number of hydrogen-bond acceptors (Lipinski definition) is 5. The van der Waals surface area contributed by atoms with Gasteiger partial charge in [-0.1, -0.05) is 18.2 Å². The molecule has 0 bridgehead atoms. The summed E-state index contributed by atoms with van der Waals surface area (Å²) >= 11 is 0. The van der Waals surface area contributed by atoms with Crippen LogP contribution in [0.1, 0.15) is 18.4 Å². The Hall–Kier alpha value is -2.73. The summed E-state index contributed by atoms with van der Waals surface area (Å²) in [4.78, 5) is 22.0. The maximum Gasteiger partial charge on any atom is 0.328 e. The monoisotopic (exact) mass is 338 g/mol. The van der Waals surface area contributed by atoms with Gasteiger partial charge in [-0.3, -0.25) is 4.98 Å². The van der Waals surface area contributed by atoms with Gasteiger partial charge in [-0.15, -0.1) is 0 Å². The average Bonchev–Trinajstić information content (AvgIpc) is 2.62. The number of likely N-dealkylation sites (tertiary alicyclic amines) is 1. The van der Waals surface area contributed by atoms with Crippen LogP contribution in [0.3, 0.4) is 0 Å². The van der Waals surface area contributed by atoms with Crippen LogP contribution in [-0.2, 0) is 4.79 Å². The van der Waals surface area contributed by atoms with E-state index in [4.69, 9.17) is 5.11 Å². The summed E-state index contributed by atoms with van der Waals surface area (Å²) in [5.41, 5.74) is 2.49. The van der Waals surface area contributed by atoms with Crippen molar-refractivity contribution in [1.82, 2.24) is 14.9 Å². The molecule has 1 aliphatic heterocycles. The summed E-state index contributed by atoms with van der Waals surface area (Å²) < 4.78 is 0. The van der Waals surface area contributed by atoms with Crippen LogP contribution in [0, 0.1) is 0 Å². The van der Waals surface area contributed by atoms with E-state index in [9.17, 15) is 4.79 Å². The van der Waals surface area contributed by atoms with Crippen LogP contribution < -0.4 is 5.32 Å². The number of piperidine rings is 1. The topological polar surface area (TPSA) is 78.4 Å². The summed E-state index contributed by atoms with van der Waals surface area (Å²) in [6.45, 7) is 2.17. The molecule has 1 aromatic heterocycles. The predicted molar refractivity (Wildman–Crippen MR) is 98.3 cm³/mol. The smallest absolute Gasteiger partial charge is 0.328 e. The summed E-state index contributed by atoms with van der Waals surface area (Å²) in [6, 6.07) is 8.02. The molecule has 0 saturated carbocycles. The first kappa shape index (κ1) is 17.1. The van der Waals surface area contributed by atoms with Gasteiger partial charge in [0.25, 0.3) is 0 Å². The molecular formula is C19H22N4O2. The molecule has 2 heterocycles. The number of anilines is 1. The van der Waals surface area contributed by atoms with Crippen LogP contribution in [0.2, 0.25) is 0 Å². The molecule has 0 aliphatic carbocycles. The minimum absolute atomic E-state index is 0.422. The highest BCUT2D eigenvalue weighted by molar-refractivity contribution is 5.85. The highest BCUT2D eigenvalue weighted by Crippen LogP contribution is 2.21. The Balaban J connectivity index is 1.75. The van der Waals surface area contributed by atoms with Crippen LogP contribution in [0.15, 0.2) is 42.7 Å². The maximum atomic E-state index is 10.7. The van der Waals surface area contributed by atoms with E-state index in [1.165, 1.54) is 0 Å². The molecule has 0 unspecified atom stereocenters. The molecule has 130 valence electrons. The third kappa shape index (κ3) is 4.87. The first-order valence-corrected chi connectivity index (χ1v) is 8.39. The molecule has 3 rings (SSSR count). The Morgan fingerprint density at radius 3 is 2.88 bits per heavy atom. The van der Waals surface area contributed by atoms with Crippen LogP contribution in [0.5, 0.6) is 0 Å². The second-order valence-corrected chi connectivity index (χ2v) is 6.31. The summed E-state index contributed by atoms with van der Waals surface area (Å²) in [7, 11) is 2.14. The molecule has 2 aromatic rings. The Labute approximate surface area is 147 Å². The summed E-state index contributed by atoms with van der Waals surface area (Å²) in [5, 5.41) is 12.2. The quantitative estimate of drug-likeness (QED) is 0.816. The molecule has 6 nitrogen and oxygen atoms in total. The summed E-state index contributed by atoms with van der Waals surface area (Å²) in [6.07, 6.45) is 8.36. The highest BCUT2D eigenvalue weighted by atomic mass is 16.4. The molecule has 1 fully saturated rings. The fourth-order valence-electron chi connectivity index (χ4n) is 2.91. The number of carboxylic acid groups (broad SMARTS) is 1. The van der Waals surface area contributed by atoms with Gasteiger partial charge in [0.2, 0.25) is 0 Å². The second-order valence-electron chi connectivity index (χ2n) is 6.31. The van der Waals surface area contributed by atoms with Crippen molar-refractivity contribution in [3.05, 3.63) is 48.3 Å². The zero-order valence-corrected chi connectivity index (χ0v) is 14.2. The molecular weight excluding hydrogens is 316 g/mol. The highest BCUT2D eigenvalue weighted by Gasteiger charge is 2.16. The van der Waals surface area contributed by atoms with Gasteiger partial charge < -0.3 is 15.3 Å². The number of carbonyl (C=O) groups is 1. The number of carboxylic acids is 1. The number of nitrogens with one attached hydrogen (secondary N) is 1. The number of nitrogens with zero attached hydrogens (tertiary/aromatic N) is 3. The van der Waals surface area contributed by atoms with Gasteiger partial charge in [-0.25, -0.2) is 9.78 Å². The minimum Gasteiger partial charge on any atom is -0.478 e. The fourth-order valence-corrected chi connectivity index (χ4v) is 2.91. The van der Waals surface area contributed by atoms with Crippen molar-refractivity contribution < 1.29 is 9.90 Å². The molecule has 0 radical (unpaired) electrons. The average molecular weight is 338 g/mol. The second kappa shape index (κ2) is 7.90.